The first-order valence-electron chi connectivity index (χ1n) is 7.79. The zero-order valence-corrected chi connectivity index (χ0v) is 12.8. The predicted molar refractivity (Wildman–Crippen MR) is 82.3 cm³/mol. The van der Waals surface area contributed by atoms with Crippen LogP contribution in [0.4, 0.5) is 4.79 Å². The summed E-state index contributed by atoms with van der Waals surface area (Å²) in [7, 11) is 0. The number of urea groups is 1. The smallest absolute Gasteiger partial charge is 0.315 e. The van der Waals surface area contributed by atoms with E-state index >= 15 is 0 Å². The van der Waals surface area contributed by atoms with Crippen LogP contribution in [0.1, 0.15) is 31.4 Å². The van der Waals surface area contributed by atoms with Gasteiger partial charge in [0.1, 0.15) is 0 Å². The van der Waals surface area contributed by atoms with Crippen molar-refractivity contribution in [3.05, 3.63) is 35.4 Å². The minimum atomic E-state index is -0.181. The largest absolute Gasteiger partial charge is 0.381 e. The molecule has 1 aliphatic heterocycles. The second kappa shape index (κ2) is 5.68. The molecule has 0 radical (unpaired) electrons. The maximum Gasteiger partial charge on any atom is 0.315 e. The topological polar surface area (TPSA) is 50.4 Å². The normalized spacial score (nSPS) is 24.4. The van der Waals surface area contributed by atoms with Gasteiger partial charge in [-0.05, 0) is 44.2 Å². The Morgan fingerprint density at radius 2 is 2.00 bits per heavy atom. The van der Waals surface area contributed by atoms with Gasteiger partial charge in [0.05, 0.1) is 6.61 Å². The molecule has 2 N–H and O–H groups in total. The Morgan fingerprint density at radius 3 is 2.57 bits per heavy atom. The van der Waals surface area contributed by atoms with E-state index < -0.39 is 0 Å². The van der Waals surface area contributed by atoms with Crippen molar-refractivity contribution in [3.63, 3.8) is 0 Å². The SMILES string of the molecule is C[C@@H](NC(=O)NC1(C)Cc2ccccc2C1)[C@@H]1CCOC1. The van der Waals surface area contributed by atoms with Crippen LogP contribution in [-0.4, -0.2) is 30.8 Å². The van der Waals surface area contributed by atoms with Crippen LogP contribution in [0.5, 0.6) is 0 Å². The van der Waals surface area contributed by atoms with Gasteiger partial charge in [0.25, 0.3) is 0 Å². The highest BCUT2D eigenvalue weighted by molar-refractivity contribution is 5.75. The molecule has 1 aliphatic carbocycles. The van der Waals surface area contributed by atoms with Crippen LogP contribution in [0.15, 0.2) is 24.3 Å². The average Bonchev–Trinajstić information content (AvgIpc) is 3.03. The molecule has 4 heteroatoms. The zero-order valence-electron chi connectivity index (χ0n) is 12.8. The van der Waals surface area contributed by atoms with Gasteiger partial charge in [-0.1, -0.05) is 24.3 Å². The fourth-order valence-electron chi connectivity index (χ4n) is 3.48. The van der Waals surface area contributed by atoms with Crippen molar-refractivity contribution in [1.82, 2.24) is 10.6 Å². The van der Waals surface area contributed by atoms with Crippen molar-refractivity contribution in [2.24, 2.45) is 5.92 Å². The van der Waals surface area contributed by atoms with Crippen molar-refractivity contribution >= 4 is 6.03 Å². The second-order valence-corrected chi connectivity index (χ2v) is 6.69. The highest BCUT2D eigenvalue weighted by Gasteiger charge is 2.34. The number of carbonyl (C=O) groups excluding carboxylic acids is 1. The molecule has 0 bridgehead atoms. The van der Waals surface area contributed by atoms with Gasteiger partial charge in [-0.15, -0.1) is 0 Å². The second-order valence-electron chi connectivity index (χ2n) is 6.69. The number of ether oxygens (including phenoxy) is 1. The number of amides is 2. The molecule has 4 nitrogen and oxygen atoms in total. The molecular weight excluding hydrogens is 264 g/mol. The summed E-state index contributed by atoms with van der Waals surface area (Å²) in [6, 6.07) is 8.52. The molecule has 0 unspecified atom stereocenters. The molecule has 2 atom stereocenters. The first-order valence-corrected chi connectivity index (χ1v) is 7.79. The van der Waals surface area contributed by atoms with E-state index in [0.29, 0.717) is 5.92 Å². The van der Waals surface area contributed by atoms with E-state index in [-0.39, 0.29) is 17.6 Å². The molecule has 1 aromatic carbocycles. The predicted octanol–water partition coefficient (Wildman–Crippen LogP) is 2.27. The molecule has 21 heavy (non-hydrogen) atoms. The third-order valence-electron chi connectivity index (χ3n) is 4.73. The Balaban J connectivity index is 1.55. The van der Waals surface area contributed by atoms with Crippen LogP contribution in [0.2, 0.25) is 0 Å². The molecule has 2 amide bonds. The highest BCUT2D eigenvalue weighted by Crippen LogP contribution is 2.29. The number of hydrogen-bond donors (Lipinski definition) is 2. The van der Waals surface area contributed by atoms with Crippen LogP contribution in [-0.2, 0) is 17.6 Å². The van der Waals surface area contributed by atoms with E-state index in [0.717, 1.165) is 32.5 Å². The van der Waals surface area contributed by atoms with E-state index in [1.54, 1.807) is 0 Å². The van der Waals surface area contributed by atoms with Gasteiger partial charge in [0.15, 0.2) is 0 Å². The van der Waals surface area contributed by atoms with Crippen LogP contribution >= 0.6 is 0 Å². The number of hydrogen-bond acceptors (Lipinski definition) is 2. The highest BCUT2D eigenvalue weighted by atomic mass is 16.5. The summed E-state index contributed by atoms with van der Waals surface area (Å²) in [5, 5.41) is 6.24. The number of rotatable bonds is 3. The van der Waals surface area contributed by atoms with Crippen molar-refractivity contribution in [2.75, 3.05) is 13.2 Å². The summed E-state index contributed by atoms with van der Waals surface area (Å²) in [5.74, 6) is 0.435. The fraction of sp³-hybridized carbons (Fsp3) is 0.588. The third-order valence-corrected chi connectivity index (χ3v) is 4.73. The summed E-state index contributed by atoms with van der Waals surface area (Å²) in [6.07, 6.45) is 2.83. The van der Waals surface area contributed by atoms with Crippen LogP contribution < -0.4 is 10.6 Å². The Hall–Kier alpha value is -1.55. The number of carbonyl (C=O) groups is 1. The molecule has 1 aromatic rings. The molecule has 114 valence electrons. The van der Waals surface area contributed by atoms with Crippen LogP contribution in [0.25, 0.3) is 0 Å². The zero-order chi connectivity index (χ0) is 14.9. The molecule has 0 saturated carbocycles. The Bertz CT molecular complexity index is 498. The van der Waals surface area contributed by atoms with Gasteiger partial charge >= 0.3 is 6.03 Å². The fourth-order valence-corrected chi connectivity index (χ4v) is 3.48. The summed E-state index contributed by atoms with van der Waals surface area (Å²) in [6.45, 7) is 5.75. The lowest BCUT2D eigenvalue weighted by Crippen LogP contribution is -2.53. The summed E-state index contributed by atoms with van der Waals surface area (Å²) >= 11 is 0. The van der Waals surface area contributed by atoms with Gasteiger partial charge < -0.3 is 15.4 Å². The molecule has 1 fully saturated rings. The van der Waals surface area contributed by atoms with Crippen molar-refractivity contribution in [1.29, 1.82) is 0 Å². The summed E-state index contributed by atoms with van der Waals surface area (Å²) in [4.78, 5) is 12.3. The van der Waals surface area contributed by atoms with E-state index in [4.69, 9.17) is 4.74 Å². The minimum Gasteiger partial charge on any atom is -0.381 e. The lowest BCUT2D eigenvalue weighted by molar-refractivity contribution is 0.177. The molecule has 1 saturated heterocycles. The molecule has 0 spiro atoms. The average molecular weight is 288 g/mol. The standard InChI is InChI=1S/C17H24N2O2/c1-12(15-7-8-21-11-15)18-16(20)19-17(2)9-13-5-3-4-6-14(13)10-17/h3-6,12,15H,7-11H2,1-2H3,(H2,18,19,20)/t12-,15-/m1/s1. The van der Waals surface area contributed by atoms with Crippen molar-refractivity contribution < 1.29 is 9.53 Å². The van der Waals surface area contributed by atoms with Crippen LogP contribution in [0, 0.1) is 5.92 Å². The number of benzene rings is 1. The summed E-state index contributed by atoms with van der Waals surface area (Å²) in [5.41, 5.74) is 2.51. The summed E-state index contributed by atoms with van der Waals surface area (Å²) < 4.78 is 5.38. The van der Waals surface area contributed by atoms with Gasteiger partial charge in [-0.2, -0.15) is 0 Å². The van der Waals surface area contributed by atoms with Crippen LogP contribution in [0.3, 0.4) is 0 Å². The Labute approximate surface area is 126 Å². The lowest BCUT2D eigenvalue weighted by Gasteiger charge is -2.28. The minimum absolute atomic E-state index is 0.0651. The van der Waals surface area contributed by atoms with E-state index in [2.05, 4.69) is 48.7 Å². The first kappa shape index (κ1) is 14.4. The molecule has 3 rings (SSSR count). The van der Waals surface area contributed by atoms with E-state index in [1.165, 1.54) is 11.1 Å². The quantitative estimate of drug-likeness (QED) is 0.896. The Morgan fingerprint density at radius 1 is 1.33 bits per heavy atom. The van der Waals surface area contributed by atoms with Gasteiger partial charge in [0, 0.05) is 24.1 Å². The maximum atomic E-state index is 12.3. The van der Waals surface area contributed by atoms with Crippen molar-refractivity contribution in [2.45, 2.75) is 44.7 Å². The van der Waals surface area contributed by atoms with Gasteiger partial charge in [-0.25, -0.2) is 4.79 Å². The Kier molecular flexibility index (Phi) is 3.89. The van der Waals surface area contributed by atoms with Gasteiger partial charge in [0.2, 0.25) is 0 Å². The molecule has 1 heterocycles. The molecule has 0 aromatic heterocycles. The molecular formula is C17H24N2O2. The molecule has 2 aliphatic rings. The number of fused-ring (bicyclic) bond motifs is 1. The maximum absolute atomic E-state index is 12.3. The lowest BCUT2D eigenvalue weighted by atomic mass is 9.98. The van der Waals surface area contributed by atoms with Crippen molar-refractivity contribution in [3.8, 4) is 0 Å². The number of nitrogens with one attached hydrogen (secondary N) is 2. The van der Waals surface area contributed by atoms with E-state index in [1.807, 2.05) is 0 Å². The third kappa shape index (κ3) is 3.21. The monoisotopic (exact) mass is 288 g/mol. The first-order chi connectivity index (χ1) is 10.1. The van der Waals surface area contributed by atoms with E-state index in [9.17, 15) is 4.79 Å². The van der Waals surface area contributed by atoms with Gasteiger partial charge in [-0.3, -0.25) is 0 Å².